The highest BCUT2D eigenvalue weighted by atomic mass is 16.2. The van der Waals surface area contributed by atoms with Gasteiger partial charge in [-0.1, -0.05) is 0 Å². The van der Waals surface area contributed by atoms with Crippen molar-refractivity contribution in [3.8, 4) is 5.69 Å². The molecule has 1 aromatic carbocycles. The highest BCUT2D eigenvalue weighted by molar-refractivity contribution is 5.94. The summed E-state index contributed by atoms with van der Waals surface area (Å²) in [5.41, 5.74) is 1.56. The molecule has 0 spiro atoms. The number of benzene rings is 1. The van der Waals surface area contributed by atoms with Gasteiger partial charge in [-0.2, -0.15) is 0 Å². The molecular formula is C14H17N5O. The molecule has 20 heavy (non-hydrogen) atoms. The Morgan fingerprint density at radius 2 is 2.05 bits per heavy atom. The Labute approximate surface area is 117 Å². The van der Waals surface area contributed by atoms with Crippen LogP contribution < -0.4 is 0 Å². The molecule has 1 aliphatic rings. The van der Waals surface area contributed by atoms with Crippen molar-refractivity contribution >= 4 is 5.91 Å². The number of hydrogen-bond acceptors (Lipinski definition) is 4. The first kappa shape index (κ1) is 12.8. The summed E-state index contributed by atoms with van der Waals surface area (Å²) in [7, 11) is 0. The lowest BCUT2D eigenvalue weighted by Crippen LogP contribution is -2.42. The van der Waals surface area contributed by atoms with Gasteiger partial charge in [-0.15, -0.1) is 5.10 Å². The Kier molecular flexibility index (Phi) is 3.45. The zero-order valence-corrected chi connectivity index (χ0v) is 11.4. The fraction of sp³-hybridized carbons (Fsp3) is 0.429. The van der Waals surface area contributed by atoms with Crippen LogP contribution >= 0.6 is 0 Å². The molecule has 1 atom stereocenters. The third kappa shape index (κ3) is 2.41. The fourth-order valence-electron chi connectivity index (χ4n) is 2.60. The minimum Gasteiger partial charge on any atom is -0.336 e. The summed E-state index contributed by atoms with van der Waals surface area (Å²) >= 11 is 0. The Morgan fingerprint density at radius 3 is 2.70 bits per heavy atom. The van der Waals surface area contributed by atoms with E-state index in [4.69, 9.17) is 0 Å². The molecule has 2 heterocycles. The molecule has 0 aliphatic carbocycles. The number of piperidine rings is 1. The van der Waals surface area contributed by atoms with Gasteiger partial charge in [-0.3, -0.25) is 4.79 Å². The van der Waals surface area contributed by atoms with Crippen LogP contribution in [0.1, 0.15) is 36.5 Å². The number of tetrazole rings is 1. The van der Waals surface area contributed by atoms with Crippen molar-refractivity contribution in [3.63, 3.8) is 0 Å². The molecule has 0 N–H and O–H groups in total. The van der Waals surface area contributed by atoms with Gasteiger partial charge in [-0.05, 0) is 60.9 Å². The van der Waals surface area contributed by atoms with E-state index in [1.807, 2.05) is 29.2 Å². The van der Waals surface area contributed by atoms with Crippen molar-refractivity contribution in [2.75, 3.05) is 6.54 Å². The van der Waals surface area contributed by atoms with E-state index in [1.165, 1.54) is 12.7 Å². The second-order valence-corrected chi connectivity index (χ2v) is 5.14. The SMILES string of the molecule is C[C@@H]1CCCCN1C(=O)c1ccc(-n2cnnn2)cc1. The maximum Gasteiger partial charge on any atom is 0.254 e. The summed E-state index contributed by atoms with van der Waals surface area (Å²) in [5, 5.41) is 11.0. The van der Waals surface area contributed by atoms with Gasteiger partial charge in [0.1, 0.15) is 6.33 Å². The quantitative estimate of drug-likeness (QED) is 0.833. The zero-order chi connectivity index (χ0) is 13.9. The molecule has 2 aromatic rings. The van der Waals surface area contributed by atoms with Crippen LogP contribution in [0.2, 0.25) is 0 Å². The maximum atomic E-state index is 12.5. The molecule has 6 nitrogen and oxygen atoms in total. The number of nitrogens with zero attached hydrogens (tertiary/aromatic N) is 5. The highest BCUT2D eigenvalue weighted by Crippen LogP contribution is 2.19. The van der Waals surface area contributed by atoms with Crippen LogP contribution in [0.15, 0.2) is 30.6 Å². The molecule has 0 radical (unpaired) electrons. The van der Waals surface area contributed by atoms with E-state index in [9.17, 15) is 4.79 Å². The summed E-state index contributed by atoms with van der Waals surface area (Å²) < 4.78 is 1.57. The molecule has 1 amide bonds. The van der Waals surface area contributed by atoms with E-state index < -0.39 is 0 Å². The minimum atomic E-state index is 0.112. The maximum absolute atomic E-state index is 12.5. The van der Waals surface area contributed by atoms with Crippen molar-refractivity contribution < 1.29 is 4.79 Å². The Balaban J connectivity index is 1.78. The molecule has 0 unspecified atom stereocenters. The summed E-state index contributed by atoms with van der Waals surface area (Å²) in [5.74, 6) is 0.112. The van der Waals surface area contributed by atoms with Crippen LogP contribution in [0.3, 0.4) is 0 Å². The van der Waals surface area contributed by atoms with Crippen molar-refractivity contribution in [2.24, 2.45) is 0 Å². The average Bonchev–Trinajstić information content (AvgIpc) is 3.01. The second kappa shape index (κ2) is 5.40. The summed E-state index contributed by atoms with van der Waals surface area (Å²) in [6.07, 6.45) is 4.93. The van der Waals surface area contributed by atoms with Crippen molar-refractivity contribution in [1.82, 2.24) is 25.1 Å². The number of hydrogen-bond donors (Lipinski definition) is 0. The van der Waals surface area contributed by atoms with E-state index >= 15 is 0 Å². The predicted molar refractivity (Wildman–Crippen MR) is 73.5 cm³/mol. The highest BCUT2D eigenvalue weighted by Gasteiger charge is 2.23. The van der Waals surface area contributed by atoms with Crippen LogP contribution in [0, 0.1) is 0 Å². The second-order valence-electron chi connectivity index (χ2n) is 5.14. The van der Waals surface area contributed by atoms with Gasteiger partial charge in [0.2, 0.25) is 0 Å². The number of amides is 1. The molecule has 1 fully saturated rings. The molecule has 6 heteroatoms. The van der Waals surface area contributed by atoms with Crippen molar-refractivity contribution in [3.05, 3.63) is 36.2 Å². The van der Waals surface area contributed by atoms with Gasteiger partial charge in [-0.25, -0.2) is 4.68 Å². The van der Waals surface area contributed by atoms with Crippen LogP contribution in [0.5, 0.6) is 0 Å². The molecule has 104 valence electrons. The van der Waals surface area contributed by atoms with Crippen molar-refractivity contribution in [2.45, 2.75) is 32.2 Å². The zero-order valence-electron chi connectivity index (χ0n) is 11.4. The van der Waals surface area contributed by atoms with Crippen LogP contribution in [0.4, 0.5) is 0 Å². The lowest BCUT2D eigenvalue weighted by molar-refractivity contribution is 0.0635. The van der Waals surface area contributed by atoms with E-state index in [1.54, 1.807) is 4.68 Å². The van der Waals surface area contributed by atoms with E-state index in [2.05, 4.69) is 22.4 Å². The van der Waals surface area contributed by atoms with E-state index in [0.717, 1.165) is 30.6 Å². The van der Waals surface area contributed by atoms with E-state index in [-0.39, 0.29) is 5.91 Å². The van der Waals surface area contributed by atoms with Crippen LogP contribution in [-0.4, -0.2) is 43.6 Å². The Bertz CT molecular complexity index is 578. The number of rotatable bonds is 2. The first-order valence-corrected chi connectivity index (χ1v) is 6.90. The van der Waals surface area contributed by atoms with Gasteiger partial charge in [0.05, 0.1) is 5.69 Å². The lowest BCUT2D eigenvalue weighted by atomic mass is 10.0. The Hall–Kier alpha value is -2.24. The number of aromatic nitrogens is 4. The largest absolute Gasteiger partial charge is 0.336 e. The molecule has 1 aliphatic heterocycles. The van der Waals surface area contributed by atoms with E-state index in [0.29, 0.717) is 6.04 Å². The van der Waals surface area contributed by atoms with Crippen LogP contribution in [-0.2, 0) is 0 Å². The van der Waals surface area contributed by atoms with Crippen LogP contribution in [0.25, 0.3) is 5.69 Å². The molecule has 0 saturated carbocycles. The first-order valence-electron chi connectivity index (χ1n) is 6.90. The molecule has 1 saturated heterocycles. The third-order valence-corrected chi connectivity index (χ3v) is 3.79. The smallest absolute Gasteiger partial charge is 0.254 e. The van der Waals surface area contributed by atoms with Gasteiger partial charge in [0.15, 0.2) is 0 Å². The third-order valence-electron chi connectivity index (χ3n) is 3.79. The summed E-state index contributed by atoms with van der Waals surface area (Å²) in [4.78, 5) is 14.5. The summed E-state index contributed by atoms with van der Waals surface area (Å²) in [6, 6.07) is 7.72. The average molecular weight is 271 g/mol. The first-order chi connectivity index (χ1) is 9.75. The normalized spacial score (nSPS) is 19.1. The molecule has 1 aromatic heterocycles. The Morgan fingerprint density at radius 1 is 1.25 bits per heavy atom. The fourth-order valence-corrected chi connectivity index (χ4v) is 2.60. The topological polar surface area (TPSA) is 63.9 Å². The standard InChI is InChI=1S/C14H17N5O/c1-11-4-2-3-9-18(11)14(20)12-5-7-13(8-6-12)19-10-15-16-17-19/h5-8,10-11H,2-4,9H2,1H3/t11-/m1/s1. The number of carbonyl (C=O) groups excluding carboxylic acids is 1. The minimum absolute atomic E-state index is 0.112. The van der Waals surface area contributed by atoms with Crippen molar-refractivity contribution in [1.29, 1.82) is 0 Å². The summed E-state index contributed by atoms with van der Waals surface area (Å²) in [6.45, 7) is 2.97. The molecule has 3 rings (SSSR count). The molecular weight excluding hydrogens is 254 g/mol. The van der Waals surface area contributed by atoms with Gasteiger partial charge >= 0.3 is 0 Å². The predicted octanol–water partition coefficient (Wildman–Crippen LogP) is 1.68. The van der Waals surface area contributed by atoms with Gasteiger partial charge in [0.25, 0.3) is 5.91 Å². The monoisotopic (exact) mass is 271 g/mol. The van der Waals surface area contributed by atoms with Gasteiger partial charge < -0.3 is 4.90 Å². The number of carbonyl (C=O) groups is 1. The lowest BCUT2D eigenvalue weighted by Gasteiger charge is -2.33. The van der Waals surface area contributed by atoms with Gasteiger partial charge in [0, 0.05) is 18.2 Å². The molecule has 0 bridgehead atoms. The number of likely N-dealkylation sites (tertiary alicyclic amines) is 1.